The van der Waals surface area contributed by atoms with E-state index in [-0.39, 0.29) is 0 Å². The van der Waals surface area contributed by atoms with Crippen LogP contribution in [0.4, 0.5) is 0 Å². The predicted molar refractivity (Wildman–Crippen MR) is 103 cm³/mol. The van der Waals surface area contributed by atoms with Gasteiger partial charge in [-0.2, -0.15) is 0 Å². The topological polar surface area (TPSA) is 35.2 Å². The Morgan fingerprint density at radius 2 is 1.87 bits per heavy atom. The number of aryl methyl sites for hydroxylation is 1. The van der Waals surface area contributed by atoms with Crippen molar-refractivity contribution in [2.75, 3.05) is 13.2 Å². The molecule has 0 aliphatic carbocycles. The Morgan fingerprint density at radius 3 is 2.61 bits per heavy atom. The van der Waals surface area contributed by atoms with E-state index in [2.05, 4.69) is 65.3 Å². The lowest BCUT2D eigenvalue weighted by molar-refractivity contribution is 0.308. The summed E-state index contributed by atoms with van der Waals surface area (Å²) in [4.78, 5) is 1.34. The van der Waals surface area contributed by atoms with Crippen molar-refractivity contribution < 1.29 is 4.74 Å². The largest absolute Gasteiger partial charge is 0.494 e. The highest BCUT2D eigenvalue weighted by atomic mass is 79.9. The van der Waals surface area contributed by atoms with E-state index in [1.54, 1.807) is 0 Å². The number of benzene rings is 2. The van der Waals surface area contributed by atoms with Crippen LogP contribution in [0.15, 0.2) is 46.9 Å². The summed E-state index contributed by atoms with van der Waals surface area (Å²) in [6.45, 7) is 3.64. The quantitative estimate of drug-likeness (QED) is 0.544. The van der Waals surface area contributed by atoms with Crippen molar-refractivity contribution >= 4 is 37.4 Å². The minimum atomic E-state index is 0.725. The normalized spacial score (nSPS) is 11.1. The molecule has 3 rings (SSSR count). The number of hydrogen-bond donors (Lipinski definition) is 1. The second-order valence-corrected chi connectivity index (χ2v) is 7.71. The molecular formula is C19H20BrNOS. The van der Waals surface area contributed by atoms with E-state index in [1.807, 2.05) is 11.3 Å². The fourth-order valence-corrected chi connectivity index (χ4v) is 4.08. The first-order valence-corrected chi connectivity index (χ1v) is 9.42. The Bertz CT molecular complexity index is 795. The fourth-order valence-electron chi connectivity index (χ4n) is 2.70. The summed E-state index contributed by atoms with van der Waals surface area (Å²) in [5, 5.41) is 1.30. The smallest absolute Gasteiger partial charge is 0.120 e. The molecule has 0 unspecified atom stereocenters. The molecular weight excluding hydrogens is 370 g/mol. The monoisotopic (exact) mass is 389 g/mol. The van der Waals surface area contributed by atoms with Gasteiger partial charge in [-0.15, -0.1) is 11.3 Å². The average molecular weight is 390 g/mol. The second kappa shape index (κ2) is 7.47. The Labute approximate surface area is 149 Å². The number of hydrogen-bond acceptors (Lipinski definition) is 3. The Morgan fingerprint density at radius 1 is 1.09 bits per heavy atom. The number of rotatable bonds is 6. The summed E-state index contributed by atoms with van der Waals surface area (Å²) in [7, 11) is 0. The lowest BCUT2D eigenvalue weighted by Crippen LogP contribution is -2.03. The van der Waals surface area contributed by atoms with Crippen molar-refractivity contribution in [3.05, 3.63) is 51.8 Å². The molecule has 2 N–H and O–H groups in total. The van der Waals surface area contributed by atoms with E-state index in [4.69, 9.17) is 10.5 Å². The van der Waals surface area contributed by atoms with Gasteiger partial charge in [0.25, 0.3) is 0 Å². The molecule has 23 heavy (non-hydrogen) atoms. The zero-order valence-corrected chi connectivity index (χ0v) is 15.5. The highest BCUT2D eigenvalue weighted by Gasteiger charge is 2.12. The molecule has 4 heteroatoms. The van der Waals surface area contributed by atoms with Gasteiger partial charge in [0.15, 0.2) is 0 Å². The van der Waals surface area contributed by atoms with Gasteiger partial charge in [-0.25, -0.2) is 0 Å². The molecule has 0 spiro atoms. The van der Waals surface area contributed by atoms with Crippen LogP contribution in [0.3, 0.4) is 0 Å². The number of thiophene rings is 1. The molecule has 0 aliphatic rings. The van der Waals surface area contributed by atoms with Crippen LogP contribution >= 0.6 is 27.3 Å². The van der Waals surface area contributed by atoms with Crippen LogP contribution in [0.25, 0.3) is 21.2 Å². The van der Waals surface area contributed by atoms with Crippen molar-refractivity contribution in [2.45, 2.75) is 19.8 Å². The lowest BCUT2D eigenvalue weighted by atomic mass is 10.0. The highest BCUT2D eigenvalue weighted by molar-refractivity contribution is 9.10. The molecule has 1 heterocycles. The van der Waals surface area contributed by atoms with E-state index < -0.39 is 0 Å². The number of nitrogens with two attached hydrogens (primary N) is 1. The number of halogens is 1. The van der Waals surface area contributed by atoms with Crippen molar-refractivity contribution in [1.82, 2.24) is 0 Å². The third kappa shape index (κ3) is 3.77. The standard InChI is InChI=1S/C19H20BrNOS/c1-13-19(14-4-6-15(20)7-5-14)17-9-8-16(12-18(17)23-13)22-11-3-2-10-21/h4-9,12H,2-3,10-11,21H2,1H3. The van der Waals surface area contributed by atoms with E-state index in [1.165, 1.54) is 26.1 Å². The summed E-state index contributed by atoms with van der Waals surface area (Å²) in [6, 6.07) is 14.9. The van der Waals surface area contributed by atoms with Crippen LogP contribution in [0, 0.1) is 6.92 Å². The van der Waals surface area contributed by atoms with Gasteiger partial charge in [0.1, 0.15) is 5.75 Å². The molecule has 0 atom stereocenters. The van der Waals surface area contributed by atoms with Gasteiger partial charge in [0.05, 0.1) is 6.61 Å². The summed E-state index contributed by atoms with van der Waals surface area (Å²) in [6.07, 6.45) is 2.01. The molecule has 0 fully saturated rings. The van der Waals surface area contributed by atoms with Crippen molar-refractivity contribution in [1.29, 1.82) is 0 Å². The van der Waals surface area contributed by atoms with Gasteiger partial charge in [-0.1, -0.05) is 28.1 Å². The second-order valence-electron chi connectivity index (χ2n) is 5.54. The molecule has 120 valence electrons. The van der Waals surface area contributed by atoms with E-state index in [0.29, 0.717) is 0 Å². The maximum atomic E-state index is 5.83. The SMILES string of the molecule is Cc1sc2cc(OCCCCN)ccc2c1-c1ccc(Br)cc1. The Hall–Kier alpha value is -1.36. The molecule has 0 amide bonds. The molecule has 1 aromatic heterocycles. The maximum Gasteiger partial charge on any atom is 0.120 e. The first-order chi connectivity index (χ1) is 11.2. The summed E-state index contributed by atoms with van der Waals surface area (Å²) in [5.74, 6) is 0.943. The Balaban J connectivity index is 1.89. The third-order valence-corrected chi connectivity index (χ3v) is 5.43. The zero-order valence-electron chi connectivity index (χ0n) is 13.1. The van der Waals surface area contributed by atoms with Gasteiger partial charge < -0.3 is 10.5 Å². The summed E-state index contributed by atoms with van der Waals surface area (Å²) >= 11 is 5.32. The Kier molecular flexibility index (Phi) is 5.36. The minimum absolute atomic E-state index is 0.725. The van der Waals surface area contributed by atoms with Crippen LogP contribution in [-0.2, 0) is 0 Å². The van der Waals surface area contributed by atoms with E-state index in [9.17, 15) is 0 Å². The molecule has 0 radical (unpaired) electrons. The van der Waals surface area contributed by atoms with Gasteiger partial charge in [-0.05, 0) is 62.2 Å². The van der Waals surface area contributed by atoms with Gasteiger partial charge in [0, 0.05) is 25.0 Å². The van der Waals surface area contributed by atoms with E-state index in [0.717, 1.165) is 36.2 Å². The highest BCUT2D eigenvalue weighted by Crippen LogP contribution is 2.40. The number of fused-ring (bicyclic) bond motifs is 1. The third-order valence-electron chi connectivity index (χ3n) is 3.84. The summed E-state index contributed by atoms with van der Waals surface area (Å²) in [5.41, 5.74) is 8.09. The molecule has 0 bridgehead atoms. The molecule has 0 saturated heterocycles. The first kappa shape index (κ1) is 16.5. The van der Waals surface area contributed by atoms with Crippen LogP contribution in [0.2, 0.25) is 0 Å². The number of ether oxygens (including phenoxy) is 1. The fraction of sp³-hybridized carbons (Fsp3) is 0.263. The van der Waals surface area contributed by atoms with Crippen molar-refractivity contribution in [3.8, 4) is 16.9 Å². The maximum absolute atomic E-state index is 5.83. The van der Waals surface area contributed by atoms with Crippen LogP contribution in [0.5, 0.6) is 5.75 Å². The van der Waals surface area contributed by atoms with Crippen molar-refractivity contribution in [3.63, 3.8) is 0 Å². The van der Waals surface area contributed by atoms with Gasteiger partial charge >= 0.3 is 0 Å². The number of unbranched alkanes of at least 4 members (excludes halogenated alkanes) is 1. The van der Waals surface area contributed by atoms with Gasteiger partial charge in [0.2, 0.25) is 0 Å². The molecule has 0 aliphatic heterocycles. The zero-order chi connectivity index (χ0) is 16.2. The molecule has 2 aromatic carbocycles. The van der Waals surface area contributed by atoms with Crippen molar-refractivity contribution in [2.24, 2.45) is 5.73 Å². The minimum Gasteiger partial charge on any atom is -0.494 e. The van der Waals surface area contributed by atoms with Gasteiger partial charge in [-0.3, -0.25) is 0 Å². The predicted octanol–water partition coefficient (Wildman–Crippen LogP) is 5.76. The molecule has 0 saturated carbocycles. The first-order valence-electron chi connectivity index (χ1n) is 7.81. The van der Waals surface area contributed by atoms with Crippen LogP contribution < -0.4 is 10.5 Å². The molecule has 3 aromatic rings. The van der Waals surface area contributed by atoms with E-state index >= 15 is 0 Å². The lowest BCUT2D eigenvalue weighted by Gasteiger charge is -2.06. The summed E-state index contributed by atoms with van der Waals surface area (Å²) < 4.78 is 8.21. The van der Waals surface area contributed by atoms with Crippen LogP contribution in [-0.4, -0.2) is 13.2 Å². The average Bonchev–Trinajstić information content (AvgIpc) is 2.87. The molecule has 2 nitrogen and oxygen atoms in total. The van der Waals surface area contributed by atoms with Crippen LogP contribution in [0.1, 0.15) is 17.7 Å².